The number of hydrogen-bond donors (Lipinski definition) is 1. The van der Waals surface area contributed by atoms with E-state index in [1.165, 1.54) is 5.56 Å². The predicted octanol–water partition coefficient (Wildman–Crippen LogP) is 4.54. The Morgan fingerprint density at radius 2 is 1.74 bits per heavy atom. The largest absolute Gasteiger partial charge is 0.497 e. The van der Waals surface area contributed by atoms with E-state index in [1.54, 1.807) is 14.2 Å². The van der Waals surface area contributed by atoms with E-state index in [2.05, 4.69) is 44.0 Å². The van der Waals surface area contributed by atoms with Gasteiger partial charge < -0.3 is 14.5 Å². The first-order chi connectivity index (χ1) is 10.9. The van der Waals surface area contributed by atoms with Crippen molar-refractivity contribution in [2.24, 2.45) is 0 Å². The van der Waals surface area contributed by atoms with Crippen LogP contribution < -0.4 is 9.47 Å². The number of fused-ring (bicyclic) bond motifs is 1. The van der Waals surface area contributed by atoms with Crippen LogP contribution in [0.2, 0.25) is 0 Å². The lowest BCUT2D eigenvalue weighted by atomic mass is 9.87. The molecule has 0 unspecified atom stereocenters. The van der Waals surface area contributed by atoms with Crippen molar-refractivity contribution in [3.05, 3.63) is 42.0 Å². The number of hydrogen-bond acceptors (Lipinski definition) is 3. The van der Waals surface area contributed by atoms with Gasteiger partial charge in [-0.2, -0.15) is 0 Å². The Hall–Kier alpha value is -2.49. The number of imidazole rings is 1. The molecule has 0 atom stereocenters. The number of rotatable bonds is 3. The van der Waals surface area contributed by atoms with Crippen molar-refractivity contribution in [3.8, 4) is 22.9 Å². The SMILES string of the molecule is COc1ccc(OC)c(-c2nc3cc(C(C)(C)C)ccc3[nH]2)c1. The van der Waals surface area contributed by atoms with Crippen molar-refractivity contribution in [2.45, 2.75) is 26.2 Å². The average Bonchev–Trinajstić information content (AvgIpc) is 2.96. The molecule has 1 N–H and O–H groups in total. The van der Waals surface area contributed by atoms with Crippen molar-refractivity contribution < 1.29 is 9.47 Å². The molecule has 0 fully saturated rings. The number of ether oxygens (including phenoxy) is 2. The average molecular weight is 310 g/mol. The second-order valence-electron chi connectivity index (χ2n) is 6.63. The molecule has 1 heterocycles. The van der Waals surface area contributed by atoms with Crippen LogP contribution in [0.1, 0.15) is 26.3 Å². The molecule has 0 spiro atoms. The zero-order valence-corrected chi connectivity index (χ0v) is 14.2. The molecule has 0 amide bonds. The molecular weight excluding hydrogens is 288 g/mol. The highest BCUT2D eigenvalue weighted by Crippen LogP contribution is 2.33. The van der Waals surface area contributed by atoms with Crippen LogP contribution in [0.4, 0.5) is 0 Å². The van der Waals surface area contributed by atoms with Crippen LogP contribution in [0.5, 0.6) is 11.5 Å². The Balaban J connectivity index is 2.14. The molecule has 0 aliphatic rings. The van der Waals surface area contributed by atoms with Gasteiger partial charge in [0.2, 0.25) is 0 Å². The van der Waals surface area contributed by atoms with Gasteiger partial charge in [-0.15, -0.1) is 0 Å². The van der Waals surface area contributed by atoms with Gasteiger partial charge in [-0.05, 0) is 41.3 Å². The number of aromatic amines is 1. The molecule has 1 aromatic heterocycles. The first-order valence-corrected chi connectivity index (χ1v) is 7.65. The summed E-state index contributed by atoms with van der Waals surface area (Å²) in [7, 11) is 3.31. The van der Waals surface area contributed by atoms with Gasteiger partial charge in [0, 0.05) is 0 Å². The maximum absolute atomic E-state index is 5.46. The molecule has 2 aromatic carbocycles. The highest BCUT2D eigenvalue weighted by Gasteiger charge is 2.16. The first kappa shape index (κ1) is 15.4. The summed E-state index contributed by atoms with van der Waals surface area (Å²) in [4.78, 5) is 8.12. The lowest BCUT2D eigenvalue weighted by Gasteiger charge is -2.18. The molecule has 0 saturated carbocycles. The second-order valence-corrected chi connectivity index (χ2v) is 6.63. The summed E-state index contributed by atoms with van der Waals surface area (Å²) in [6.45, 7) is 6.60. The number of nitrogens with one attached hydrogen (secondary N) is 1. The summed E-state index contributed by atoms with van der Waals surface area (Å²) in [5, 5.41) is 0. The number of aromatic nitrogens is 2. The van der Waals surface area contributed by atoms with E-state index in [1.807, 2.05) is 18.2 Å². The molecule has 0 aliphatic carbocycles. The maximum Gasteiger partial charge on any atom is 0.142 e. The normalized spacial score (nSPS) is 11.7. The highest BCUT2D eigenvalue weighted by molar-refractivity contribution is 5.81. The van der Waals surface area contributed by atoms with Crippen molar-refractivity contribution >= 4 is 11.0 Å². The third-order valence-corrected chi connectivity index (χ3v) is 4.01. The highest BCUT2D eigenvalue weighted by atomic mass is 16.5. The van der Waals surface area contributed by atoms with E-state index in [9.17, 15) is 0 Å². The quantitative estimate of drug-likeness (QED) is 0.772. The molecule has 4 nitrogen and oxygen atoms in total. The van der Waals surface area contributed by atoms with E-state index in [-0.39, 0.29) is 5.41 Å². The summed E-state index contributed by atoms with van der Waals surface area (Å²) in [6, 6.07) is 12.1. The lowest BCUT2D eigenvalue weighted by Crippen LogP contribution is -2.10. The van der Waals surface area contributed by atoms with Crippen molar-refractivity contribution in [1.29, 1.82) is 0 Å². The van der Waals surface area contributed by atoms with Crippen LogP contribution in [0.3, 0.4) is 0 Å². The molecule has 0 saturated heterocycles. The van der Waals surface area contributed by atoms with Gasteiger partial charge in [-0.25, -0.2) is 4.98 Å². The maximum atomic E-state index is 5.46. The zero-order chi connectivity index (χ0) is 16.6. The van der Waals surface area contributed by atoms with Gasteiger partial charge in [-0.3, -0.25) is 0 Å². The smallest absolute Gasteiger partial charge is 0.142 e. The molecule has 120 valence electrons. The van der Waals surface area contributed by atoms with Gasteiger partial charge in [0.15, 0.2) is 0 Å². The van der Waals surface area contributed by atoms with E-state index < -0.39 is 0 Å². The number of methoxy groups -OCH3 is 2. The van der Waals surface area contributed by atoms with Crippen LogP contribution in [-0.4, -0.2) is 24.2 Å². The Labute approximate surface area is 136 Å². The fraction of sp³-hybridized carbons (Fsp3) is 0.316. The number of benzene rings is 2. The van der Waals surface area contributed by atoms with Crippen LogP contribution in [0.25, 0.3) is 22.4 Å². The van der Waals surface area contributed by atoms with Gasteiger partial charge in [-0.1, -0.05) is 26.8 Å². The zero-order valence-electron chi connectivity index (χ0n) is 14.2. The fourth-order valence-electron chi connectivity index (χ4n) is 2.60. The molecule has 4 heteroatoms. The Bertz CT molecular complexity index is 844. The van der Waals surface area contributed by atoms with Crippen LogP contribution >= 0.6 is 0 Å². The molecule has 0 radical (unpaired) electrons. The third kappa shape index (κ3) is 2.89. The summed E-state index contributed by atoms with van der Waals surface area (Å²) >= 11 is 0. The fourth-order valence-corrected chi connectivity index (χ4v) is 2.60. The Morgan fingerprint density at radius 1 is 0.957 bits per heavy atom. The second kappa shape index (κ2) is 5.61. The van der Waals surface area contributed by atoms with Gasteiger partial charge >= 0.3 is 0 Å². The number of H-pyrrole nitrogens is 1. The summed E-state index contributed by atoms with van der Waals surface area (Å²) in [5.74, 6) is 2.32. The van der Waals surface area contributed by atoms with Gasteiger partial charge in [0.25, 0.3) is 0 Å². The predicted molar refractivity (Wildman–Crippen MR) is 93.3 cm³/mol. The molecule has 3 aromatic rings. The van der Waals surface area contributed by atoms with E-state index in [4.69, 9.17) is 14.5 Å². The topological polar surface area (TPSA) is 47.1 Å². The molecule has 0 aliphatic heterocycles. The Morgan fingerprint density at radius 3 is 2.39 bits per heavy atom. The van der Waals surface area contributed by atoms with E-state index in [0.717, 1.165) is 33.9 Å². The van der Waals surface area contributed by atoms with Crippen LogP contribution in [0.15, 0.2) is 36.4 Å². The molecule has 23 heavy (non-hydrogen) atoms. The molecule has 3 rings (SSSR count). The number of nitrogens with zero attached hydrogens (tertiary/aromatic N) is 1. The molecule has 0 bridgehead atoms. The summed E-state index contributed by atoms with van der Waals surface area (Å²) < 4.78 is 10.8. The van der Waals surface area contributed by atoms with Crippen molar-refractivity contribution in [1.82, 2.24) is 9.97 Å². The summed E-state index contributed by atoms with van der Waals surface area (Å²) in [6.07, 6.45) is 0. The van der Waals surface area contributed by atoms with E-state index in [0.29, 0.717) is 0 Å². The van der Waals surface area contributed by atoms with E-state index >= 15 is 0 Å². The Kier molecular flexibility index (Phi) is 3.76. The first-order valence-electron chi connectivity index (χ1n) is 7.65. The van der Waals surface area contributed by atoms with Crippen molar-refractivity contribution in [2.75, 3.05) is 14.2 Å². The van der Waals surface area contributed by atoms with Crippen molar-refractivity contribution in [3.63, 3.8) is 0 Å². The minimum atomic E-state index is 0.0982. The lowest BCUT2D eigenvalue weighted by molar-refractivity contribution is 0.404. The van der Waals surface area contributed by atoms with Gasteiger partial charge in [0.1, 0.15) is 17.3 Å². The molecular formula is C19H22N2O2. The third-order valence-electron chi connectivity index (χ3n) is 4.01. The summed E-state index contributed by atoms with van der Waals surface area (Å²) in [5.41, 5.74) is 4.22. The monoisotopic (exact) mass is 310 g/mol. The standard InChI is InChI=1S/C19H22N2O2/c1-19(2,3)12-6-8-15-16(10-12)21-18(20-15)14-11-13(22-4)7-9-17(14)23-5/h6-11H,1-5H3,(H,20,21). The van der Waals surface area contributed by atoms with Crippen LogP contribution in [-0.2, 0) is 5.41 Å². The minimum Gasteiger partial charge on any atom is -0.497 e. The minimum absolute atomic E-state index is 0.0982. The van der Waals surface area contributed by atoms with Gasteiger partial charge in [0.05, 0.1) is 30.8 Å². The van der Waals surface area contributed by atoms with Crippen LogP contribution in [0, 0.1) is 0 Å².